The minimum atomic E-state index is -4.60. The van der Waals surface area contributed by atoms with E-state index in [4.69, 9.17) is 4.74 Å². The molecule has 0 spiro atoms. The zero-order chi connectivity index (χ0) is 22.7. The molecule has 1 aromatic carbocycles. The molecule has 3 aromatic rings. The Labute approximate surface area is 184 Å². The zero-order valence-corrected chi connectivity index (χ0v) is 18.1. The molecule has 0 saturated carbocycles. The first kappa shape index (κ1) is 22.3. The van der Waals surface area contributed by atoms with Crippen molar-refractivity contribution in [3.05, 3.63) is 47.8 Å². The van der Waals surface area contributed by atoms with Crippen LogP contribution in [0.3, 0.4) is 0 Å². The van der Waals surface area contributed by atoms with E-state index in [1.165, 1.54) is 11.6 Å². The largest absolute Gasteiger partial charge is 0.492 e. The highest BCUT2D eigenvalue weighted by Gasteiger charge is 2.37. The molecule has 0 atom stereocenters. The van der Waals surface area contributed by atoms with Crippen LogP contribution >= 0.6 is 0 Å². The molecule has 8 nitrogen and oxygen atoms in total. The molecule has 3 heterocycles. The Morgan fingerprint density at radius 3 is 2.34 bits per heavy atom. The van der Waals surface area contributed by atoms with Crippen LogP contribution in [0.4, 0.5) is 19.0 Å². The van der Waals surface area contributed by atoms with Gasteiger partial charge in [-0.05, 0) is 43.9 Å². The Morgan fingerprint density at radius 2 is 1.69 bits per heavy atom. The van der Waals surface area contributed by atoms with Crippen LogP contribution in [-0.4, -0.2) is 83.0 Å². The van der Waals surface area contributed by atoms with Gasteiger partial charge in [0.25, 0.3) is 5.82 Å². The average Bonchev–Trinajstić information content (AvgIpc) is 3.19. The van der Waals surface area contributed by atoms with E-state index in [1.54, 1.807) is 6.07 Å². The van der Waals surface area contributed by atoms with Gasteiger partial charge in [-0.2, -0.15) is 17.7 Å². The minimum Gasteiger partial charge on any atom is -0.492 e. The van der Waals surface area contributed by atoms with Gasteiger partial charge in [-0.25, -0.2) is 0 Å². The van der Waals surface area contributed by atoms with Crippen LogP contribution in [0.2, 0.25) is 0 Å². The molecule has 4 rings (SSSR count). The van der Waals surface area contributed by atoms with Crippen molar-refractivity contribution in [1.82, 2.24) is 29.6 Å². The predicted octanol–water partition coefficient (Wildman–Crippen LogP) is 2.41. The summed E-state index contributed by atoms with van der Waals surface area (Å²) in [6.45, 7) is 5.24. The van der Waals surface area contributed by atoms with Gasteiger partial charge in [-0.1, -0.05) is 12.1 Å². The number of hydrogen-bond acceptors (Lipinski definition) is 7. The first-order valence-corrected chi connectivity index (χ1v) is 10.4. The maximum atomic E-state index is 13.1. The standard InChI is InChI=1S/C21H26F3N7O/c1-28(2)13-14-32-17-5-3-16(4-6-17)15-29-9-11-30(12-10-29)19-8-7-18-25-26-20(21(22,23)24)31(18)27-19/h3-8H,9-15H2,1-2H3. The fourth-order valence-corrected chi connectivity index (χ4v) is 3.56. The molecule has 1 fully saturated rings. The quantitative estimate of drug-likeness (QED) is 0.549. The number of alkyl halides is 3. The monoisotopic (exact) mass is 449 g/mol. The van der Waals surface area contributed by atoms with E-state index >= 15 is 0 Å². The zero-order valence-electron chi connectivity index (χ0n) is 18.1. The molecule has 0 unspecified atom stereocenters. The van der Waals surface area contributed by atoms with Crippen molar-refractivity contribution in [2.24, 2.45) is 0 Å². The van der Waals surface area contributed by atoms with Crippen molar-refractivity contribution in [2.45, 2.75) is 12.7 Å². The Kier molecular flexibility index (Phi) is 6.47. The number of piperazine rings is 1. The second-order valence-electron chi connectivity index (χ2n) is 8.04. The molecule has 1 aliphatic rings. The van der Waals surface area contributed by atoms with Crippen LogP contribution in [0.1, 0.15) is 11.4 Å². The maximum absolute atomic E-state index is 13.1. The van der Waals surface area contributed by atoms with Crippen molar-refractivity contribution in [3.63, 3.8) is 0 Å². The topological polar surface area (TPSA) is 62.0 Å². The van der Waals surface area contributed by atoms with Crippen molar-refractivity contribution in [2.75, 3.05) is 58.3 Å². The van der Waals surface area contributed by atoms with Crippen LogP contribution in [0.15, 0.2) is 36.4 Å². The molecule has 172 valence electrons. The molecule has 1 aliphatic heterocycles. The summed E-state index contributed by atoms with van der Waals surface area (Å²) in [5, 5.41) is 10.9. The van der Waals surface area contributed by atoms with E-state index in [0.29, 0.717) is 25.5 Å². The van der Waals surface area contributed by atoms with E-state index in [0.717, 1.165) is 36.4 Å². The molecular weight excluding hydrogens is 423 g/mol. The lowest BCUT2D eigenvalue weighted by Crippen LogP contribution is -2.46. The number of benzene rings is 1. The van der Waals surface area contributed by atoms with Crippen LogP contribution in [-0.2, 0) is 12.7 Å². The highest BCUT2D eigenvalue weighted by molar-refractivity contribution is 5.46. The second-order valence-corrected chi connectivity index (χ2v) is 8.04. The van der Waals surface area contributed by atoms with Crippen molar-refractivity contribution < 1.29 is 17.9 Å². The molecule has 32 heavy (non-hydrogen) atoms. The number of nitrogens with zero attached hydrogens (tertiary/aromatic N) is 7. The number of ether oxygens (including phenoxy) is 1. The minimum absolute atomic E-state index is 0.0776. The third kappa shape index (κ3) is 5.28. The van der Waals surface area contributed by atoms with Gasteiger partial charge in [0.05, 0.1) is 0 Å². The number of fused-ring (bicyclic) bond motifs is 1. The first-order chi connectivity index (χ1) is 15.3. The molecule has 2 aromatic heterocycles. The van der Waals surface area contributed by atoms with Gasteiger partial charge in [-0.3, -0.25) is 4.90 Å². The first-order valence-electron chi connectivity index (χ1n) is 10.4. The summed E-state index contributed by atoms with van der Waals surface area (Å²) in [7, 11) is 4.02. The molecule has 1 saturated heterocycles. The van der Waals surface area contributed by atoms with Crippen LogP contribution < -0.4 is 9.64 Å². The van der Waals surface area contributed by atoms with Crippen molar-refractivity contribution >= 4 is 11.5 Å². The lowest BCUT2D eigenvalue weighted by atomic mass is 10.2. The lowest BCUT2D eigenvalue weighted by Gasteiger charge is -2.35. The SMILES string of the molecule is CN(C)CCOc1ccc(CN2CCN(c3ccc4nnc(C(F)(F)F)n4n3)CC2)cc1. The van der Waals surface area contributed by atoms with E-state index in [1.807, 2.05) is 31.1 Å². The highest BCUT2D eigenvalue weighted by atomic mass is 19.4. The van der Waals surface area contributed by atoms with Gasteiger partial charge in [-0.15, -0.1) is 15.3 Å². The van der Waals surface area contributed by atoms with E-state index in [2.05, 4.69) is 37.2 Å². The van der Waals surface area contributed by atoms with Gasteiger partial charge in [0.15, 0.2) is 5.65 Å². The normalized spacial score (nSPS) is 15.6. The third-order valence-electron chi connectivity index (χ3n) is 5.34. The molecule has 0 bridgehead atoms. The Morgan fingerprint density at radius 1 is 0.969 bits per heavy atom. The highest BCUT2D eigenvalue weighted by Crippen LogP contribution is 2.28. The Hall–Kier alpha value is -2.92. The van der Waals surface area contributed by atoms with Crippen LogP contribution in [0, 0.1) is 0 Å². The summed E-state index contributed by atoms with van der Waals surface area (Å²) in [5.74, 6) is 0.234. The molecule has 0 aliphatic carbocycles. The summed E-state index contributed by atoms with van der Waals surface area (Å²) in [6.07, 6.45) is -4.60. The third-order valence-corrected chi connectivity index (χ3v) is 5.34. The molecule has 11 heteroatoms. The van der Waals surface area contributed by atoms with E-state index < -0.39 is 12.0 Å². The second kappa shape index (κ2) is 9.29. The number of hydrogen-bond donors (Lipinski definition) is 0. The smallest absolute Gasteiger partial charge is 0.453 e. The fourth-order valence-electron chi connectivity index (χ4n) is 3.56. The lowest BCUT2D eigenvalue weighted by molar-refractivity contribution is -0.146. The maximum Gasteiger partial charge on any atom is 0.453 e. The van der Waals surface area contributed by atoms with Crippen molar-refractivity contribution in [3.8, 4) is 5.75 Å². The number of likely N-dealkylation sites (N-methyl/N-ethyl adjacent to an activating group) is 1. The summed E-state index contributed by atoms with van der Waals surface area (Å²) >= 11 is 0. The molecule has 0 N–H and O–H groups in total. The van der Waals surface area contributed by atoms with Gasteiger partial charge in [0.1, 0.15) is 18.2 Å². The summed E-state index contributed by atoms with van der Waals surface area (Å²) in [6, 6.07) is 11.3. The van der Waals surface area contributed by atoms with Gasteiger partial charge in [0.2, 0.25) is 0 Å². The summed E-state index contributed by atoms with van der Waals surface area (Å²) in [5.41, 5.74) is 1.27. The Bertz CT molecular complexity index is 1030. The van der Waals surface area contributed by atoms with Gasteiger partial charge in [0, 0.05) is 39.3 Å². The van der Waals surface area contributed by atoms with E-state index in [9.17, 15) is 13.2 Å². The number of aromatic nitrogens is 4. The summed E-state index contributed by atoms with van der Waals surface area (Å²) in [4.78, 5) is 6.37. The molecular formula is C21H26F3N7O. The molecule has 0 amide bonds. The van der Waals surface area contributed by atoms with Crippen LogP contribution in [0.25, 0.3) is 5.65 Å². The van der Waals surface area contributed by atoms with Gasteiger partial charge >= 0.3 is 6.18 Å². The molecule has 0 radical (unpaired) electrons. The Balaban J connectivity index is 1.32. The average molecular weight is 449 g/mol. The van der Waals surface area contributed by atoms with E-state index in [-0.39, 0.29) is 5.65 Å². The number of rotatable bonds is 7. The van der Waals surface area contributed by atoms with Gasteiger partial charge < -0.3 is 14.5 Å². The number of anilines is 1. The summed E-state index contributed by atoms with van der Waals surface area (Å²) < 4.78 is 45.8. The van der Waals surface area contributed by atoms with Crippen LogP contribution in [0.5, 0.6) is 5.75 Å². The van der Waals surface area contributed by atoms with Crippen molar-refractivity contribution in [1.29, 1.82) is 0 Å². The predicted molar refractivity (Wildman–Crippen MR) is 114 cm³/mol. The number of halogens is 3. The fraction of sp³-hybridized carbons (Fsp3) is 0.476.